The highest BCUT2D eigenvalue weighted by Crippen LogP contribution is 2.27. The van der Waals surface area contributed by atoms with Crippen LogP contribution in [0.25, 0.3) is 0 Å². The lowest BCUT2D eigenvalue weighted by molar-refractivity contribution is 0.103. The fourth-order valence-corrected chi connectivity index (χ4v) is 2.32. The van der Waals surface area contributed by atoms with Crippen LogP contribution in [0.4, 0.5) is 4.39 Å². The largest absolute Gasteiger partial charge is 0.496 e. The predicted octanol–water partition coefficient (Wildman–Crippen LogP) is 3.84. The zero-order valence-corrected chi connectivity index (χ0v) is 12.5. The van der Waals surface area contributed by atoms with E-state index in [9.17, 15) is 9.18 Å². The summed E-state index contributed by atoms with van der Waals surface area (Å²) >= 11 is 3.33. The van der Waals surface area contributed by atoms with Crippen LogP contribution in [-0.4, -0.2) is 20.0 Å². The van der Waals surface area contributed by atoms with Crippen molar-refractivity contribution in [2.75, 3.05) is 14.2 Å². The minimum Gasteiger partial charge on any atom is -0.496 e. The molecule has 2 aromatic rings. The minimum atomic E-state index is -0.500. The predicted molar refractivity (Wildman–Crippen MR) is 77.1 cm³/mol. The molecule has 0 saturated carbocycles. The van der Waals surface area contributed by atoms with E-state index >= 15 is 0 Å². The van der Waals surface area contributed by atoms with Crippen molar-refractivity contribution in [3.63, 3.8) is 0 Å². The van der Waals surface area contributed by atoms with Crippen LogP contribution in [0, 0.1) is 5.82 Å². The van der Waals surface area contributed by atoms with E-state index in [-0.39, 0.29) is 11.5 Å². The number of hydrogen-bond donors (Lipinski definition) is 0. The van der Waals surface area contributed by atoms with Gasteiger partial charge in [-0.05, 0) is 52.3 Å². The van der Waals surface area contributed by atoms with Crippen molar-refractivity contribution in [3.8, 4) is 11.5 Å². The number of ketones is 1. The number of halogens is 2. The summed E-state index contributed by atoms with van der Waals surface area (Å²) in [5.41, 5.74) is 0.839. The van der Waals surface area contributed by atoms with Crippen LogP contribution >= 0.6 is 15.9 Å². The van der Waals surface area contributed by atoms with Crippen molar-refractivity contribution < 1.29 is 18.7 Å². The highest BCUT2D eigenvalue weighted by atomic mass is 79.9. The molecular formula is C15H12BrFO3. The topological polar surface area (TPSA) is 35.5 Å². The van der Waals surface area contributed by atoms with Crippen LogP contribution in [0.2, 0.25) is 0 Å². The Kier molecular flexibility index (Phi) is 4.39. The van der Waals surface area contributed by atoms with Gasteiger partial charge in [0.25, 0.3) is 0 Å². The number of ether oxygens (including phenoxy) is 2. The molecular weight excluding hydrogens is 327 g/mol. The summed E-state index contributed by atoms with van der Waals surface area (Å²) in [6, 6.07) is 9.04. The number of rotatable bonds is 4. The monoisotopic (exact) mass is 338 g/mol. The third-order valence-corrected chi connectivity index (χ3v) is 3.45. The summed E-state index contributed by atoms with van der Waals surface area (Å²) < 4.78 is 24.0. The molecule has 20 heavy (non-hydrogen) atoms. The Balaban J connectivity index is 2.38. The van der Waals surface area contributed by atoms with Crippen LogP contribution in [0.15, 0.2) is 40.9 Å². The van der Waals surface area contributed by atoms with Gasteiger partial charge in [0.05, 0.1) is 18.7 Å². The van der Waals surface area contributed by atoms with Crippen molar-refractivity contribution in [2.24, 2.45) is 0 Å². The average molecular weight is 339 g/mol. The van der Waals surface area contributed by atoms with E-state index in [0.29, 0.717) is 21.3 Å². The van der Waals surface area contributed by atoms with Crippen molar-refractivity contribution in [3.05, 3.63) is 57.8 Å². The zero-order chi connectivity index (χ0) is 14.7. The minimum absolute atomic E-state index is 0.0448. The van der Waals surface area contributed by atoms with Crippen LogP contribution in [0.1, 0.15) is 15.9 Å². The van der Waals surface area contributed by atoms with Gasteiger partial charge in [0.1, 0.15) is 5.75 Å². The van der Waals surface area contributed by atoms with Crippen molar-refractivity contribution in [2.45, 2.75) is 0 Å². The molecule has 104 valence electrons. The van der Waals surface area contributed by atoms with E-state index in [1.807, 2.05) is 0 Å². The first-order valence-electron chi connectivity index (χ1n) is 5.78. The molecule has 2 rings (SSSR count). The molecule has 0 N–H and O–H groups in total. The standard InChI is InChI=1S/C15H12BrFO3/c1-19-13-6-4-9(7-11(13)16)15(18)10-3-5-12(17)14(8-10)20-2/h3-8H,1-2H3. The van der Waals surface area contributed by atoms with Gasteiger partial charge in [-0.2, -0.15) is 0 Å². The van der Waals surface area contributed by atoms with Gasteiger partial charge in [-0.25, -0.2) is 4.39 Å². The van der Waals surface area contributed by atoms with E-state index in [2.05, 4.69) is 15.9 Å². The van der Waals surface area contributed by atoms with Crippen LogP contribution in [-0.2, 0) is 0 Å². The molecule has 0 spiro atoms. The Morgan fingerprint density at radius 3 is 2.20 bits per heavy atom. The summed E-state index contributed by atoms with van der Waals surface area (Å²) in [5.74, 6) is -0.0340. The first-order chi connectivity index (χ1) is 9.56. The molecule has 2 aromatic carbocycles. The Bertz CT molecular complexity index is 656. The quantitative estimate of drug-likeness (QED) is 0.794. The van der Waals surface area contributed by atoms with Gasteiger partial charge in [-0.3, -0.25) is 4.79 Å². The van der Waals surface area contributed by atoms with Crippen molar-refractivity contribution >= 4 is 21.7 Å². The number of carbonyl (C=O) groups excluding carboxylic acids is 1. The second kappa shape index (κ2) is 6.05. The maximum atomic E-state index is 13.3. The van der Waals surface area contributed by atoms with E-state index in [1.165, 1.54) is 25.3 Å². The molecule has 0 aliphatic heterocycles. The second-order valence-corrected chi connectivity index (χ2v) is 4.88. The summed E-state index contributed by atoms with van der Waals surface area (Å²) in [6.45, 7) is 0. The third kappa shape index (κ3) is 2.82. The lowest BCUT2D eigenvalue weighted by Gasteiger charge is -2.07. The van der Waals surface area contributed by atoms with Gasteiger partial charge in [0, 0.05) is 11.1 Å². The second-order valence-electron chi connectivity index (χ2n) is 4.03. The lowest BCUT2D eigenvalue weighted by atomic mass is 10.0. The summed E-state index contributed by atoms with van der Waals surface area (Å²) in [6.07, 6.45) is 0. The van der Waals surface area contributed by atoms with Gasteiger partial charge in [0.2, 0.25) is 0 Å². The first kappa shape index (κ1) is 14.5. The molecule has 0 radical (unpaired) electrons. The Morgan fingerprint density at radius 2 is 1.60 bits per heavy atom. The summed E-state index contributed by atoms with van der Waals surface area (Å²) in [7, 11) is 2.91. The van der Waals surface area contributed by atoms with Gasteiger partial charge < -0.3 is 9.47 Å². The van der Waals surface area contributed by atoms with Crippen molar-refractivity contribution in [1.82, 2.24) is 0 Å². The normalized spacial score (nSPS) is 10.2. The van der Waals surface area contributed by atoms with E-state index in [0.717, 1.165) is 0 Å². The number of benzene rings is 2. The highest BCUT2D eigenvalue weighted by Gasteiger charge is 2.14. The maximum absolute atomic E-state index is 13.3. The number of methoxy groups -OCH3 is 2. The molecule has 0 aliphatic carbocycles. The van der Waals surface area contributed by atoms with Crippen LogP contribution < -0.4 is 9.47 Å². The SMILES string of the molecule is COc1cc(C(=O)c2ccc(OC)c(Br)c2)ccc1F. The van der Waals surface area contributed by atoms with Gasteiger partial charge in [-0.15, -0.1) is 0 Å². The fraction of sp³-hybridized carbons (Fsp3) is 0.133. The Labute approximate surface area is 124 Å². The maximum Gasteiger partial charge on any atom is 0.193 e. The van der Waals surface area contributed by atoms with Gasteiger partial charge >= 0.3 is 0 Å². The lowest BCUT2D eigenvalue weighted by Crippen LogP contribution is -2.03. The van der Waals surface area contributed by atoms with E-state index < -0.39 is 5.82 Å². The van der Waals surface area contributed by atoms with Crippen LogP contribution in [0.5, 0.6) is 11.5 Å². The van der Waals surface area contributed by atoms with Crippen molar-refractivity contribution in [1.29, 1.82) is 0 Å². The Hall–Kier alpha value is -1.88. The Morgan fingerprint density at radius 1 is 1.00 bits per heavy atom. The molecule has 0 saturated heterocycles. The molecule has 0 heterocycles. The number of hydrogen-bond acceptors (Lipinski definition) is 3. The molecule has 0 fully saturated rings. The summed E-state index contributed by atoms with van der Waals surface area (Å²) in [5, 5.41) is 0. The fourth-order valence-electron chi connectivity index (χ4n) is 1.78. The summed E-state index contributed by atoms with van der Waals surface area (Å²) in [4.78, 5) is 12.3. The molecule has 0 bridgehead atoms. The molecule has 5 heteroatoms. The molecule has 0 atom stereocenters. The molecule has 0 aliphatic rings. The molecule has 3 nitrogen and oxygen atoms in total. The van der Waals surface area contributed by atoms with E-state index in [4.69, 9.17) is 9.47 Å². The zero-order valence-electron chi connectivity index (χ0n) is 10.9. The molecule has 0 unspecified atom stereocenters. The molecule has 0 aromatic heterocycles. The van der Waals surface area contributed by atoms with E-state index in [1.54, 1.807) is 25.3 Å². The first-order valence-corrected chi connectivity index (χ1v) is 6.58. The van der Waals surface area contributed by atoms with Gasteiger partial charge in [0.15, 0.2) is 17.3 Å². The van der Waals surface area contributed by atoms with Crippen LogP contribution in [0.3, 0.4) is 0 Å². The molecule has 0 amide bonds. The van der Waals surface area contributed by atoms with Gasteiger partial charge in [-0.1, -0.05) is 0 Å². The smallest absolute Gasteiger partial charge is 0.193 e. The average Bonchev–Trinajstić information content (AvgIpc) is 2.47. The number of carbonyl (C=O) groups is 1. The third-order valence-electron chi connectivity index (χ3n) is 2.83. The highest BCUT2D eigenvalue weighted by molar-refractivity contribution is 9.10.